The molecule has 0 bridgehead atoms. The summed E-state index contributed by atoms with van der Waals surface area (Å²) < 4.78 is 9.97. The quantitative estimate of drug-likeness (QED) is 0.727. The molecule has 0 fully saturated rings. The summed E-state index contributed by atoms with van der Waals surface area (Å²) in [7, 11) is 0. The number of hydrogen-bond acceptors (Lipinski definition) is 4. The third-order valence-corrected chi connectivity index (χ3v) is 2.75. The van der Waals surface area contributed by atoms with Gasteiger partial charge in [0.2, 0.25) is 0 Å². The van der Waals surface area contributed by atoms with Crippen molar-refractivity contribution >= 4 is 5.91 Å². The van der Waals surface area contributed by atoms with E-state index in [0.717, 1.165) is 17.7 Å². The third-order valence-electron chi connectivity index (χ3n) is 2.75. The van der Waals surface area contributed by atoms with E-state index in [2.05, 4.69) is 5.16 Å². The SMILES string of the molecule is O=C(c1ccoc1)N1CCc2oncc2C1. The first-order valence-electron chi connectivity index (χ1n) is 5.08. The van der Waals surface area contributed by atoms with Crippen LogP contribution in [0.4, 0.5) is 0 Å². The number of nitrogens with zero attached hydrogens (tertiary/aromatic N) is 2. The highest BCUT2D eigenvalue weighted by Gasteiger charge is 2.24. The number of carbonyl (C=O) groups is 1. The zero-order valence-corrected chi connectivity index (χ0v) is 8.55. The fourth-order valence-electron chi connectivity index (χ4n) is 1.88. The van der Waals surface area contributed by atoms with Crippen LogP contribution in [0.5, 0.6) is 0 Å². The van der Waals surface area contributed by atoms with Gasteiger partial charge in [0, 0.05) is 18.5 Å². The number of aromatic nitrogens is 1. The molecule has 0 saturated carbocycles. The lowest BCUT2D eigenvalue weighted by Crippen LogP contribution is -2.35. The maximum atomic E-state index is 12.0. The largest absolute Gasteiger partial charge is 0.472 e. The predicted molar refractivity (Wildman–Crippen MR) is 53.7 cm³/mol. The fraction of sp³-hybridized carbons (Fsp3) is 0.273. The minimum atomic E-state index is -0.0133. The monoisotopic (exact) mass is 218 g/mol. The second-order valence-corrected chi connectivity index (χ2v) is 3.76. The number of fused-ring (bicyclic) bond motifs is 1. The molecule has 5 heteroatoms. The van der Waals surface area contributed by atoms with Crippen molar-refractivity contribution in [1.82, 2.24) is 10.1 Å². The summed E-state index contributed by atoms with van der Waals surface area (Å²) in [6.07, 6.45) is 5.36. The highest BCUT2D eigenvalue weighted by Crippen LogP contribution is 2.19. The van der Waals surface area contributed by atoms with Crippen LogP contribution in [-0.2, 0) is 13.0 Å². The van der Waals surface area contributed by atoms with Crippen molar-refractivity contribution in [1.29, 1.82) is 0 Å². The smallest absolute Gasteiger partial charge is 0.257 e. The van der Waals surface area contributed by atoms with Crippen LogP contribution >= 0.6 is 0 Å². The molecule has 1 aliphatic heterocycles. The molecule has 0 N–H and O–H groups in total. The van der Waals surface area contributed by atoms with Crippen molar-refractivity contribution in [3.8, 4) is 0 Å². The Labute approximate surface area is 91.6 Å². The van der Waals surface area contributed by atoms with Gasteiger partial charge in [0.15, 0.2) is 0 Å². The molecular weight excluding hydrogens is 208 g/mol. The molecule has 1 aliphatic rings. The van der Waals surface area contributed by atoms with Crippen molar-refractivity contribution < 1.29 is 13.7 Å². The predicted octanol–water partition coefficient (Wildman–Crippen LogP) is 1.47. The van der Waals surface area contributed by atoms with Gasteiger partial charge >= 0.3 is 0 Å². The van der Waals surface area contributed by atoms with Gasteiger partial charge in [0.1, 0.15) is 12.0 Å². The zero-order valence-electron chi connectivity index (χ0n) is 8.55. The molecule has 3 heterocycles. The Hall–Kier alpha value is -2.04. The summed E-state index contributed by atoms with van der Waals surface area (Å²) >= 11 is 0. The Bertz CT molecular complexity index is 501. The van der Waals surface area contributed by atoms with Gasteiger partial charge in [-0.05, 0) is 6.07 Å². The molecule has 0 aliphatic carbocycles. The third kappa shape index (κ3) is 1.41. The lowest BCUT2D eigenvalue weighted by atomic mass is 10.1. The Morgan fingerprint density at radius 3 is 3.25 bits per heavy atom. The average molecular weight is 218 g/mol. The minimum Gasteiger partial charge on any atom is -0.472 e. The number of rotatable bonds is 1. The van der Waals surface area contributed by atoms with Crippen LogP contribution in [0.3, 0.4) is 0 Å². The van der Waals surface area contributed by atoms with Gasteiger partial charge in [0.25, 0.3) is 5.91 Å². The second-order valence-electron chi connectivity index (χ2n) is 3.76. The molecule has 82 valence electrons. The van der Waals surface area contributed by atoms with E-state index < -0.39 is 0 Å². The van der Waals surface area contributed by atoms with Gasteiger partial charge in [-0.1, -0.05) is 5.16 Å². The van der Waals surface area contributed by atoms with Crippen molar-refractivity contribution in [3.63, 3.8) is 0 Å². The second kappa shape index (κ2) is 3.52. The molecule has 0 unspecified atom stereocenters. The normalized spacial score (nSPS) is 14.9. The van der Waals surface area contributed by atoms with E-state index in [1.54, 1.807) is 17.2 Å². The lowest BCUT2D eigenvalue weighted by molar-refractivity contribution is 0.0728. The number of amides is 1. The highest BCUT2D eigenvalue weighted by atomic mass is 16.5. The van der Waals surface area contributed by atoms with Crippen LogP contribution in [0.2, 0.25) is 0 Å². The van der Waals surface area contributed by atoms with Crippen molar-refractivity contribution in [3.05, 3.63) is 41.7 Å². The molecule has 0 spiro atoms. The summed E-state index contributed by atoms with van der Waals surface area (Å²) in [4.78, 5) is 13.8. The average Bonchev–Trinajstić information content (AvgIpc) is 2.98. The molecule has 0 saturated heterocycles. The van der Waals surface area contributed by atoms with Gasteiger partial charge in [-0.2, -0.15) is 0 Å². The summed E-state index contributed by atoms with van der Waals surface area (Å²) in [5, 5.41) is 3.73. The standard InChI is InChI=1S/C11H10N2O3/c14-11(8-2-4-15-7-8)13-3-1-10-9(6-13)5-12-16-10/h2,4-5,7H,1,3,6H2. The Morgan fingerprint density at radius 1 is 1.50 bits per heavy atom. The van der Waals surface area contributed by atoms with Gasteiger partial charge in [0.05, 0.1) is 24.6 Å². The summed E-state index contributed by atoms with van der Waals surface area (Å²) in [5.74, 6) is 0.872. The molecule has 2 aromatic heterocycles. The van der Waals surface area contributed by atoms with Gasteiger partial charge in [-0.25, -0.2) is 0 Å². The first-order chi connectivity index (χ1) is 7.84. The van der Waals surface area contributed by atoms with Crippen LogP contribution in [0.15, 0.2) is 33.7 Å². The summed E-state index contributed by atoms with van der Waals surface area (Å²) in [5.41, 5.74) is 1.57. The van der Waals surface area contributed by atoms with Crippen molar-refractivity contribution in [2.24, 2.45) is 0 Å². The van der Waals surface area contributed by atoms with Crippen molar-refractivity contribution in [2.45, 2.75) is 13.0 Å². The van der Waals surface area contributed by atoms with Crippen LogP contribution in [0.25, 0.3) is 0 Å². The molecular formula is C11H10N2O3. The Kier molecular flexibility index (Phi) is 2.02. The molecule has 3 rings (SSSR count). The minimum absolute atomic E-state index is 0.0133. The van der Waals surface area contributed by atoms with E-state index in [9.17, 15) is 4.79 Å². The first-order valence-corrected chi connectivity index (χ1v) is 5.08. The molecule has 1 amide bonds. The summed E-state index contributed by atoms with van der Waals surface area (Å²) in [6.45, 7) is 1.22. The van der Waals surface area contributed by atoms with E-state index in [1.165, 1.54) is 12.5 Å². The van der Waals surface area contributed by atoms with E-state index in [-0.39, 0.29) is 5.91 Å². The van der Waals surface area contributed by atoms with Gasteiger partial charge in [-0.15, -0.1) is 0 Å². The van der Waals surface area contributed by atoms with E-state index in [0.29, 0.717) is 18.7 Å². The van der Waals surface area contributed by atoms with E-state index in [1.807, 2.05) is 0 Å². The molecule has 16 heavy (non-hydrogen) atoms. The van der Waals surface area contributed by atoms with Gasteiger partial charge < -0.3 is 13.8 Å². The van der Waals surface area contributed by atoms with Gasteiger partial charge in [-0.3, -0.25) is 4.79 Å². The topological polar surface area (TPSA) is 59.5 Å². The van der Waals surface area contributed by atoms with E-state index >= 15 is 0 Å². The Balaban J connectivity index is 1.81. The Morgan fingerprint density at radius 2 is 2.44 bits per heavy atom. The van der Waals surface area contributed by atoms with Crippen LogP contribution < -0.4 is 0 Å². The summed E-state index contributed by atoms with van der Waals surface area (Å²) in [6, 6.07) is 1.67. The highest BCUT2D eigenvalue weighted by molar-refractivity contribution is 5.93. The molecule has 2 aromatic rings. The van der Waals surface area contributed by atoms with Crippen molar-refractivity contribution in [2.75, 3.05) is 6.54 Å². The van der Waals surface area contributed by atoms with Crippen LogP contribution in [0, 0.1) is 0 Å². The first kappa shape index (κ1) is 9.21. The number of furan rings is 1. The number of hydrogen-bond donors (Lipinski definition) is 0. The fourth-order valence-corrected chi connectivity index (χ4v) is 1.88. The van der Waals surface area contributed by atoms with Crippen LogP contribution in [0.1, 0.15) is 21.7 Å². The molecule has 0 atom stereocenters. The zero-order chi connectivity index (χ0) is 11.0. The number of carbonyl (C=O) groups excluding carboxylic acids is 1. The molecule has 0 radical (unpaired) electrons. The van der Waals surface area contributed by atoms with E-state index in [4.69, 9.17) is 8.94 Å². The maximum Gasteiger partial charge on any atom is 0.257 e. The molecule has 5 nitrogen and oxygen atoms in total. The van der Waals surface area contributed by atoms with Crippen LogP contribution in [-0.4, -0.2) is 22.5 Å². The maximum absolute atomic E-state index is 12.0. The lowest BCUT2D eigenvalue weighted by Gasteiger charge is -2.25. The molecule has 0 aromatic carbocycles.